The highest BCUT2D eigenvalue weighted by molar-refractivity contribution is 4.97. The summed E-state index contributed by atoms with van der Waals surface area (Å²) in [6, 6.07) is 0. The third kappa shape index (κ3) is 5.63. The lowest BCUT2D eigenvalue weighted by molar-refractivity contribution is 0.193. The number of hydrogen-bond donors (Lipinski definition) is 0. The molecule has 0 N–H and O–H groups in total. The van der Waals surface area contributed by atoms with Gasteiger partial charge in [0.25, 0.3) is 0 Å². The monoisotopic (exact) mass is 330 g/mol. The van der Waals surface area contributed by atoms with Gasteiger partial charge in [0.2, 0.25) is 0 Å². The zero-order chi connectivity index (χ0) is 16.6. The molecule has 0 saturated heterocycles. The van der Waals surface area contributed by atoms with Crippen LogP contribution in [0.25, 0.3) is 0 Å². The van der Waals surface area contributed by atoms with E-state index in [1.54, 1.807) is 0 Å². The summed E-state index contributed by atoms with van der Waals surface area (Å²) in [5.41, 5.74) is 0. The average Bonchev–Trinajstić information content (AvgIpc) is 2.67. The summed E-state index contributed by atoms with van der Waals surface area (Å²) in [5, 5.41) is 0. The maximum absolute atomic E-state index is 2.73. The second-order valence-electron chi connectivity index (χ2n) is 9.46. The Balaban J connectivity index is 1.58. The largest absolute Gasteiger partial charge is 0.0851 e. The van der Waals surface area contributed by atoms with E-state index in [1.807, 2.05) is 0 Å². The van der Waals surface area contributed by atoms with Crippen LogP contribution >= 0.6 is 0 Å². The van der Waals surface area contributed by atoms with Gasteiger partial charge < -0.3 is 0 Å². The van der Waals surface area contributed by atoms with E-state index in [0.717, 1.165) is 29.6 Å². The molecule has 0 radical (unpaired) electrons. The van der Waals surface area contributed by atoms with Crippen molar-refractivity contribution in [3.05, 3.63) is 12.2 Å². The lowest BCUT2D eigenvalue weighted by atomic mass is 9.71. The molecule has 0 aromatic heterocycles. The summed E-state index contributed by atoms with van der Waals surface area (Å²) in [6.45, 7) is 2.58. The summed E-state index contributed by atoms with van der Waals surface area (Å²) >= 11 is 0. The Morgan fingerprint density at radius 1 is 0.667 bits per heavy atom. The maximum atomic E-state index is 2.73. The fourth-order valence-electron chi connectivity index (χ4n) is 5.94. The van der Waals surface area contributed by atoms with Crippen LogP contribution in [0.15, 0.2) is 12.2 Å². The van der Waals surface area contributed by atoms with Crippen LogP contribution < -0.4 is 0 Å². The van der Waals surface area contributed by atoms with Crippen LogP contribution in [0, 0.1) is 29.6 Å². The summed E-state index contributed by atoms with van der Waals surface area (Å²) < 4.78 is 0. The van der Waals surface area contributed by atoms with Crippen LogP contribution in [0.4, 0.5) is 0 Å². The van der Waals surface area contributed by atoms with E-state index < -0.39 is 0 Å². The molecule has 0 aromatic rings. The molecule has 0 heteroatoms. The first-order valence-electron chi connectivity index (χ1n) is 11.5. The predicted molar refractivity (Wildman–Crippen MR) is 106 cm³/mol. The van der Waals surface area contributed by atoms with Crippen LogP contribution in [-0.2, 0) is 0 Å². The molecule has 3 fully saturated rings. The standard InChI is InChI=1S/C24H42/c1-20(22-13-7-3-8-14-22)19-24(23-15-9-4-10-16-23)18-17-21-11-5-2-6-12-21/h17-18,20-24H,2-16,19H2,1H3. The normalized spacial score (nSPS) is 28.2. The van der Waals surface area contributed by atoms with E-state index in [0.29, 0.717) is 0 Å². The molecule has 0 aliphatic heterocycles. The second kappa shape index (κ2) is 10.0. The summed E-state index contributed by atoms with van der Waals surface area (Å²) in [7, 11) is 0. The van der Waals surface area contributed by atoms with Crippen molar-refractivity contribution < 1.29 is 0 Å². The Kier molecular flexibility index (Phi) is 7.74. The minimum Gasteiger partial charge on any atom is -0.0851 e. The highest BCUT2D eigenvalue weighted by atomic mass is 14.3. The molecular weight excluding hydrogens is 288 g/mol. The van der Waals surface area contributed by atoms with Crippen molar-refractivity contribution >= 4 is 0 Å². The van der Waals surface area contributed by atoms with E-state index in [2.05, 4.69) is 19.1 Å². The molecule has 138 valence electrons. The molecule has 2 atom stereocenters. The van der Waals surface area contributed by atoms with Gasteiger partial charge in [-0.05, 0) is 61.7 Å². The lowest BCUT2D eigenvalue weighted by Gasteiger charge is -2.34. The number of allylic oxidation sites excluding steroid dienone is 2. The van der Waals surface area contributed by atoms with Gasteiger partial charge in [0.15, 0.2) is 0 Å². The Labute approximate surface area is 151 Å². The molecule has 3 aliphatic rings. The topological polar surface area (TPSA) is 0 Å². The quantitative estimate of drug-likeness (QED) is 0.434. The van der Waals surface area contributed by atoms with Crippen molar-refractivity contribution in [2.45, 2.75) is 110 Å². The molecule has 0 bridgehead atoms. The molecular formula is C24H42. The van der Waals surface area contributed by atoms with Gasteiger partial charge >= 0.3 is 0 Å². The SMILES string of the molecule is CC(CC(C=CC1CCCCC1)C1CCCCC1)C1CCCCC1. The van der Waals surface area contributed by atoms with Crippen molar-refractivity contribution in [1.29, 1.82) is 0 Å². The van der Waals surface area contributed by atoms with E-state index in [1.165, 1.54) is 103 Å². The molecule has 24 heavy (non-hydrogen) atoms. The van der Waals surface area contributed by atoms with Gasteiger partial charge in [0, 0.05) is 0 Å². The van der Waals surface area contributed by atoms with Gasteiger partial charge in [-0.15, -0.1) is 0 Å². The molecule has 2 unspecified atom stereocenters. The Morgan fingerprint density at radius 3 is 1.75 bits per heavy atom. The molecule has 0 nitrogen and oxygen atoms in total. The van der Waals surface area contributed by atoms with E-state index in [-0.39, 0.29) is 0 Å². The minimum absolute atomic E-state index is 0.893. The van der Waals surface area contributed by atoms with Crippen LogP contribution in [0.5, 0.6) is 0 Å². The van der Waals surface area contributed by atoms with Crippen LogP contribution in [0.2, 0.25) is 0 Å². The fourth-order valence-corrected chi connectivity index (χ4v) is 5.94. The van der Waals surface area contributed by atoms with E-state index in [9.17, 15) is 0 Å². The minimum atomic E-state index is 0.893. The lowest BCUT2D eigenvalue weighted by Crippen LogP contribution is -2.23. The predicted octanol–water partition coefficient (Wildman–Crippen LogP) is 7.93. The molecule has 0 heterocycles. The summed E-state index contributed by atoms with van der Waals surface area (Å²) in [5.74, 6) is 4.80. The van der Waals surface area contributed by atoms with E-state index in [4.69, 9.17) is 0 Å². The highest BCUT2D eigenvalue weighted by Gasteiger charge is 2.27. The highest BCUT2D eigenvalue weighted by Crippen LogP contribution is 2.39. The third-order valence-electron chi connectivity index (χ3n) is 7.63. The van der Waals surface area contributed by atoms with Gasteiger partial charge in [-0.3, -0.25) is 0 Å². The van der Waals surface area contributed by atoms with Gasteiger partial charge in [0.1, 0.15) is 0 Å². The van der Waals surface area contributed by atoms with Crippen LogP contribution in [0.3, 0.4) is 0 Å². The van der Waals surface area contributed by atoms with E-state index >= 15 is 0 Å². The summed E-state index contributed by atoms with van der Waals surface area (Å²) in [6.07, 6.45) is 29.3. The molecule has 0 spiro atoms. The van der Waals surface area contributed by atoms with Crippen molar-refractivity contribution in [2.24, 2.45) is 29.6 Å². The summed E-state index contributed by atoms with van der Waals surface area (Å²) in [4.78, 5) is 0. The molecule has 3 aliphatic carbocycles. The van der Waals surface area contributed by atoms with Crippen molar-refractivity contribution in [1.82, 2.24) is 0 Å². The van der Waals surface area contributed by atoms with Gasteiger partial charge in [-0.1, -0.05) is 89.7 Å². The van der Waals surface area contributed by atoms with Crippen LogP contribution in [-0.4, -0.2) is 0 Å². The smallest absolute Gasteiger partial charge is 0.0202 e. The third-order valence-corrected chi connectivity index (χ3v) is 7.63. The number of hydrogen-bond acceptors (Lipinski definition) is 0. The number of rotatable bonds is 6. The zero-order valence-electron chi connectivity index (χ0n) is 16.4. The average molecular weight is 331 g/mol. The molecule has 0 aromatic carbocycles. The molecule has 3 rings (SSSR count). The Morgan fingerprint density at radius 2 is 1.17 bits per heavy atom. The van der Waals surface area contributed by atoms with Gasteiger partial charge in [-0.25, -0.2) is 0 Å². The second-order valence-corrected chi connectivity index (χ2v) is 9.46. The Bertz CT molecular complexity index is 350. The maximum Gasteiger partial charge on any atom is -0.0202 e. The molecule has 3 saturated carbocycles. The van der Waals surface area contributed by atoms with Crippen molar-refractivity contribution in [2.75, 3.05) is 0 Å². The van der Waals surface area contributed by atoms with Crippen molar-refractivity contribution in [3.8, 4) is 0 Å². The first kappa shape index (κ1) is 18.5. The van der Waals surface area contributed by atoms with Crippen molar-refractivity contribution in [3.63, 3.8) is 0 Å². The zero-order valence-corrected chi connectivity index (χ0v) is 16.4. The first-order valence-corrected chi connectivity index (χ1v) is 11.5. The Hall–Kier alpha value is -0.260. The van der Waals surface area contributed by atoms with Gasteiger partial charge in [-0.2, -0.15) is 0 Å². The molecule has 0 amide bonds. The van der Waals surface area contributed by atoms with Crippen LogP contribution in [0.1, 0.15) is 110 Å². The van der Waals surface area contributed by atoms with Gasteiger partial charge in [0.05, 0.1) is 0 Å². The fraction of sp³-hybridized carbons (Fsp3) is 0.917. The first-order chi connectivity index (χ1) is 11.8.